The topological polar surface area (TPSA) is 54.0 Å². The molecule has 0 saturated heterocycles. The molecule has 0 radical (unpaired) electrons. The molecule has 5 nitrogen and oxygen atoms in total. The molecule has 0 amide bonds. The van der Waals surface area contributed by atoms with Gasteiger partial charge in [0.2, 0.25) is 5.75 Å². The summed E-state index contributed by atoms with van der Waals surface area (Å²) in [6.07, 6.45) is 6.25. The molecule has 2 rings (SSSR count). The standard InChI is InChI=1S/C17H24O5/c1-19-14-9-13(17(18)21-3)10-15(20-2)16(14)22-11-12-7-5-4-6-8-12/h9-10,12H,4-8,11H2,1-3H3. The van der Waals surface area contributed by atoms with Crippen LogP contribution >= 0.6 is 0 Å². The minimum Gasteiger partial charge on any atom is -0.493 e. The molecule has 0 aliphatic heterocycles. The zero-order valence-electron chi connectivity index (χ0n) is 13.5. The van der Waals surface area contributed by atoms with Gasteiger partial charge >= 0.3 is 5.97 Å². The lowest BCUT2D eigenvalue weighted by Crippen LogP contribution is -2.16. The van der Waals surface area contributed by atoms with Gasteiger partial charge in [0.1, 0.15) is 0 Å². The molecular formula is C17H24O5. The molecule has 1 aromatic carbocycles. The predicted octanol–water partition coefficient (Wildman–Crippen LogP) is 3.45. The van der Waals surface area contributed by atoms with Crippen LogP contribution in [0, 0.1) is 5.92 Å². The first-order valence-electron chi connectivity index (χ1n) is 7.66. The van der Waals surface area contributed by atoms with E-state index >= 15 is 0 Å². The van der Waals surface area contributed by atoms with E-state index in [1.807, 2.05) is 0 Å². The van der Waals surface area contributed by atoms with Crippen molar-refractivity contribution in [2.45, 2.75) is 32.1 Å². The fourth-order valence-electron chi connectivity index (χ4n) is 2.81. The molecule has 0 unspecified atom stereocenters. The van der Waals surface area contributed by atoms with Gasteiger partial charge in [0.25, 0.3) is 0 Å². The Balaban J connectivity index is 2.18. The van der Waals surface area contributed by atoms with Crippen molar-refractivity contribution < 1.29 is 23.7 Å². The summed E-state index contributed by atoms with van der Waals surface area (Å²) >= 11 is 0. The Bertz CT molecular complexity index is 481. The Morgan fingerprint density at radius 1 is 1.05 bits per heavy atom. The van der Waals surface area contributed by atoms with Crippen LogP contribution in [0.1, 0.15) is 42.5 Å². The highest BCUT2D eigenvalue weighted by molar-refractivity contribution is 5.91. The second kappa shape index (κ2) is 7.92. The number of hydrogen-bond acceptors (Lipinski definition) is 5. The smallest absolute Gasteiger partial charge is 0.338 e. The van der Waals surface area contributed by atoms with Gasteiger partial charge in [0, 0.05) is 0 Å². The first-order chi connectivity index (χ1) is 10.7. The molecule has 0 N–H and O–H groups in total. The van der Waals surface area contributed by atoms with E-state index in [0.717, 1.165) is 0 Å². The first kappa shape index (κ1) is 16.5. The van der Waals surface area contributed by atoms with Crippen LogP contribution in [-0.4, -0.2) is 33.9 Å². The number of benzene rings is 1. The molecule has 1 aliphatic rings. The second-order valence-electron chi connectivity index (χ2n) is 5.52. The van der Waals surface area contributed by atoms with Gasteiger partial charge in [-0.2, -0.15) is 0 Å². The van der Waals surface area contributed by atoms with E-state index in [0.29, 0.717) is 35.3 Å². The van der Waals surface area contributed by atoms with E-state index in [2.05, 4.69) is 0 Å². The number of esters is 1. The molecule has 1 saturated carbocycles. The van der Waals surface area contributed by atoms with Gasteiger partial charge in [-0.15, -0.1) is 0 Å². The fraction of sp³-hybridized carbons (Fsp3) is 0.588. The summed E-state index contributed by atoms with van der Waals surface area (Å²) in [7, 11) is 4.43. The van der Waals surface area contributed by atoms with Gasteiger partial charge in [-0.05, 0) is 30.9 Å². The van der Waals surface area contributed by atoms with Crippen LogP contribution in [0.3, 0.4) is 0 Å². The number of hydrogen-bond donors (Lipinski definition) is 0. The SMILES string of the molecule is COC(=O)c1cc(OC)c(OCC2CCCCC2)c(OC)c1. The Labute approximate surface area is 131 Å². The maximum Gasteiger partial charge on any atom is 0.338 e. The number of carbonyl (C=O) groups is 1. The minimum absolute atomic E-state index is 0.376. The summed E-state index contributed by atoms with van der Waals surface area (Å²) < 4.78 is 21.4. The van der Waals surface area contributed by atoms with Crippen molar-refractivity contribution >= 4 is 5.97 Å². The molecule has 0 aromatic heterocycles. The summed E-state index contributed by atoms with van der Waals surface area (Å²) in [5.74, 6) is 1.65. The van der Waals surface area contributed by atoms with Crippen molar-refractivity contribution in [1.29, 1.82) is 0 Å². The number of methoxy groups -OCH3 is 3. The van der Waals surface area contributed by atoms with Crippen LogP contribution in [0.5, 0.6) is 17.2 Å². The number of ether oxygens (including phenoxy) is 4. The van der Waals surface area contributed by atoms with Crippen LogP contribution in [0.2, 0.25) is 0 Å². The molecule has 122 valence electrons. The maximum atomic E-state index is 11.7. The van der Waals surface area contributed by atoms with Crippen molar-refractivity contribution in [2.75, 3.05) is 27.9 Å². The predicted molar refractivity (Wildman–Crippen MR) is 83.0 cm³/mol. The van der Waals surface area contributed by atoms with E-state index in [4.69, 9.17) is 18.9 Å². The van der Waals surface area contributed by atoms with Gasteiger partial charge < -0.3 is 18.9 Å². The summed E-state index contributed by atoms with van der Waals surface area (Å²) in [4.78, 5) is 11.7. The third kappa shape index (κ3) is 3.84. The van der Waals surface area contributed by atoms with Crippen molar-refractivity contribution in [3.05, 3.63) is 17.7 Å². The van der Waals surface area contributed by atoms with E-state index in [1.165, 1.54) is 39.2 Å². The Morgan fingerprint density at radius 3 is 2.14 bits per heavy atom. The Morgan fingerprint density at radius 2 is 1.64 bits per heavy atom. The quantitative estimate of drug-likeness (QED) is 0.753. The highest BCUT2D eigenvalue weighted by Crippen LogP contribution is 2.39. The molecule has 1 aliphatic carbocycles. The third-order valence-corrected chi connectivity index (χ3v) is 4.07. The minimum atomic E-state index is -0.435. The highest BCUT2D eigenvalue weighted by Gasteiger charge is 2.20. The van der Waals surface area contributed by atoms with Crippen LogP contribution in [0.4, 0.5) is 0 Å². The fourth-order valence-corrected chi connectivity index (χ4v) is 2.81. The van der Waals surface area contributed by atoms with Crippen molar-refractivity contribution in [1.82, 2.24) is 0 Å². The molecule has 22 heavy (non-hydrogen) atoms. The molecule has 1 aromatic rings. The largest absolute Gasteiger partial charge is 0.493 e. The lowest BCUT2D eigenvalue weighted by Gasteiger charge is -2.23. The van der Waals surface area contributed by atoms with E-state index < -0.39 is 5.97 Å². The summed E-state index contributed by atoms with van der Waals surface area (Å²) in [6.45, 7) is 0.643. The zero-order valence-corrected chi connectivity index (χ0v) is 13.5. The highest BCUT2D eigenvalue weighted by atomic mass is 16.5. The Hall–Kier alpha value is -1.91. The molecule has 0 heterocycles. The van der Waals surface area contributed by atoms with Crippen molar-refractivity contribution in [3.63, 3.8) is 0 Å². The van der Waals surface area contributed by atoms with Crippen LogP contribution in [-0.2, 0) is 4.74 Å². The van der Waals surface area contributed by atoms with Crippen LogP contribution < -0.4 is 14.2 Å². The summed E-state index contributed by atoms with van der Waals surface area (Å²) in [5.41, 5.74) is 0.376. The Kier molecular flexibility index (Phi) is 5.92. The van der Waals surface area contributed by atoms with Gasteiger partial charge in [0.05, 0.1) is 33.5 Å². The van der Waals surface area contributed by atoms with Gasteiger partial charge in [0.15, 0.2) is 11.5 Å². The molecule has 0 bridgehead atoms. The van der Waals surface area contributed by atoms with E-state index in [9.17, 15) is 4.79 Å². The van der Waals surface area contributed by atoms with E-state index in [-0.39, 0.29) is 0 Å². The second-order valence-corrected chi connectivity index (χ2v) is 5.52. The van der Waals surface area contributed by atoms with Crippen LogP contribution in [0.25, 0.3) is 0 Å². The maximum absolute atomic E-state index is 11.7. The molecule has 1 fully saturated rings. The molecule has 0 spiro atoms. The lowest BCUT2D eigenvalue weighted by molar-refractivity contribution is 0.0599. The van der Waals surface area contributed by atoms with Crippen molar-refractivity contribution in [3.8, 4) is 17.2 Å². The van der Waals surface area contributed by atoms with Crippen LogP contribution in [0.15, 0.2) is 12.1 Å². The monoisotopic (exact) mass is 308 g/mol. The molecule has 0 atom stereocenters. The third-order valence-electron chi connectivity index (χ3n) is 4.07. The average molecular weight is 308 g/mol. The van der Waals surface area contributed by atoms with E-state index in [1.54, 1.807) is 26.4 Å². The van der Waals surface area contributed by atoms with Gasteiger partial charge in [-0.3, -0.25) is 0 Å². The lowest BCUT2D eigenvalue weighted by atomic mass is 9.90. The molecular weight excluding hydrogens is 284 g/mol. The summed E-state index contributed by atoms with van der Waals surface area (Å²) in [6, 6.07) is 3.23. The summed E-state index contributed by atoms with van der Waals surface area (Å²) in [5, 5.41) is 0. The number of carbonyl (C=O) groups excluding carboxylic acids is 1. The zero-order chi connectivity index (χ0) is 15.9. The number of rotatable bonds is 6. The van der Waals surface area contributed by atoms with Crippen molar-refractivity contribution in [2.24, 2.45) is 5.92 Å². The van der Waals surface area contributed by atoms with Gasteiger partial charge in [-0.1, -0.05) is 19.3 Å². The van der Waals surface area contributed by atoms with Gasteiger partial charge in [-0.25, -0.2) is 4.79 Å². The average Bonchev–Trinajstić information content (AvgIpc) is 2.59. The first-order valence-corrected chi connectivity index (χ1v) is 7.66. The molecule has 5 heteroatoms. The normalized spacial score (nSPS) is 15.2.